The summed E-state index contributed by atoms with van der Waals surface area (Å²) in [7, 11) is 1.59. The molecule has 3 aromatic rings. The number of hydrogen-bond acceptors (Lipinski definition) is 4. The smallest absolute Gasteiger partial charge is 0.291 e. The SMILES string of the molecule is COc1ccccc1C=NNC(=O)c1ccn(Cc2ccc(Br)cc2)n1. The highest BCUT2D eigenvalue weighted by molar-refractivity contribution is 9.10. The molecule has 1 aromatic heterocycles. The van der Waals surface area contributed by atoms with Crippen molar-refractivity contribution in [1.29, 1.82) is 0 Å². The summed E-state index contributed by atoms with van der Waals surface area (Å²) in [4.78, 5) is 12.2. The van der Waals surface area contributed by atoms with E-state index in [9.17, 15) is 4.79 Å². The second-order valence-electron chi connectivity index (χ2n) is 5.47. The van der Waals surface area contributed by atoms with Gasteiger partial charge in [-0.15, -0.1) is 0 Å². The number of hydrazone groups is 1. The molecule has 0 aliphatic heterocycles. The van der Waals surface area contributed by atoms with E-state index in [0.29, 0.717) is 18.0 Å². The van der Waals surface area contributed by atoms with Crippen LogP contribution in [0.2, 0.25) is 0 Å². The fourth-order valence-corrected chi connectivity index (χ4v) is 2.60. The molecule has 1 amide bonds. The summed E-state index contributed by atoms with van der Waals surface area (Å²) in [5.74, 6) is 0.315. The van der Waals surface area contributed by atoms with Crippen molar-refractivity contribution in [3.63, 3.8) is 0 Å². The van der Waals surface area contributed by atoms with Gasteiger partial charge in [-0.2, -0.15) is 10.2 Å². The van der Waals surface area contributed by atoms with Crippen LogP contribution in [0.15, 0.2) is 70.4 Å². The van der Waals surface area contributed by atoms with E-state index in [1.807, 2.05) is 48.5 Å². The van der Waals surface area contributed by atoms with Gasteiger partial charge in [0.1, 0.15) is 5.75 Å². The molecule has 0 aliphatic carbocycles. The van der Waals surface area contributed by atoms with Crippen LogP contribution in [-0.4, -0.2) is 29.0 Å². The summed E-state index contributed by atoms with van der Waals surface area (Å²) in [6, 6.07) is 17.0. The van der Waals surface area contributed by atoms with Crippen molar-refractivity contribution < 1.29 is 9.53 Å². The lowest BCUT2D eigenvalue weighted by atomic mass is 10.2. The average Bonchev–Trinajstić information content (AvgIpc) is 3.12. The minimum atomic E-state index is -0.370. The predicted molar refractivity (Wildman–Crippen MR) is 104 cm³/mol. The molecule has 0 aliphatic rings. The van der Waals surface area contributed by atoms with Gasteiger partial charge in [0.2, 0.25) is 0 Å². The monoisotopic (exact) mass is 412 g/mol. The largest absolute Gasteiger partial charge is 0.496 e. The standard InChI is InChI=1S/C19H17BrN4O2/c1-26-18-5-3-2-4-15(18)12-21-22-19(25)17-10-11-24(23-17)13-14-6-8-16(20)9-7-14/h2-12H,13H2,1H3,(H,22,25). The number of para-hydroxylation sites is 1. The number of benzene rings is 2. The number of aromatic nitrogens is 2. The number of amides is 1. The number of carbonyl (C=O) groups is 1. The van der Waals surface area contributed by atoms with Crippen LogP contribution in [0.25, 0.3) is 0 Å². The van der Waals surface area contributed by atoms with Crippen LogP contribution in [0, 0.1) is 0 Å². The Bertz CT molecular complexity index is 919. The molecule has 0 spiro atoms. The Balaban J connectivity index is 1.61. The average molecular weight is 413 g/mol. The van der Waals surface area contributed by atoms with E-state index in [0.717, 1.165) is 15.6 Å². The van der Waals surface area contributed by atoms with E-state index in [2.05, 4.69) is 31.6 Å². The Labute approximate surface area is 159 Å². The summed E-state index contributed by atoms with van der Waals surface area (Å²) >= 11 is 3.41. The second-order valence-corrected chi connectivity index (χ2v) is 6.38. The third-order valence-corrected chi connectivity index (χ3v) is 4.17. The minimum absolute atomic E-state index is 0.305. The molecular formula is C19H17BrN4O2. The first-order valence-electron chi connectivity index (χ1n) is 7.90. The van der Waals surface area contributed by atoms with Gasteiger partial charge in [-0.25, -0.2) is 5.43 Å². The number of rotatable bonds is 6. The quantitative estimate of drug-likeness (QED) is 0.497. The Morgan fingerprint density at radius 3 is 2.77 bits per heavy atom. The molecule has 3 rings (SSSR count). The van der Waals surface area contributed by atoms with Crippen LogP contribution in [0.4, 0.5) is 0 Å². The molecule has 7 heteroatoms. The highest BCUT2D eigenvalue weighted by atomic mass is 79.9. The third-order valence-electron chi connectivity index (χ3n) is 3.64. The zero-order valence-electron chi connectivity index (χ0n) is 14.1. The first kappa shape index (κ1) is 17.9. The Kier molecular flexibility index (Phi) is 5.80. The molecule has 0 saturated heterocycles. The van der Waals surface area contributed by atoms with Gasteiger partial charge < -0.3 is 4.74 Å². The number of hydrogen-bond donors (Lipinski definition) is 1. The van der Waals surface area contributed by atoms with Crippen molar-refractivity contribution in [2.45, 2.75) is 6.54 Å². The summed E-state index contributed by atoms with van der Waals surface area (Å²) < 4.78 is 7.97. The van der Waals surface area contributed by atoms with Crippen LogP contribution in [0.1, 0.15) is 21.6 Å². The molecule has 1 heterocycles. The van der Waals surface area contributed by atoms with Gasteiger partial charge in [-0.1, -0.05) is 40.2 Å². The number of methoxy groups -OCH3 is 1. The van der Waals surface area contributed by atoms with Gasteiger partial charge >= 0.3 is 0 Å². The van der Waals surface area contributed by atoms with Gasteiger partial charge in [0.25, 0.3) is 5.91 Å². The molecule has 0 saturated carbocycles. The highest BCUT2D eigenvalue weighted by Crippen LogP contribution is 2.14. The third kappa shape index (κ3) is 4.58. The van der Waals surface area contributed by atoms with Crippen molar-refractivity contribution in [3.8, 4) is 5.75 Å². The highest BCUT2D eigenvalue weighted by Gasteiger charge is 2.09. The zero-order chi connectivity index (χ0) is 18.4. The molecular weight excluding hydrogens is 396 g/mol. The van der Waals surface area contributed by atoms with Gasteiger partial charge in [0, 0.05) is 16.2 Å². The van der Waals surface area contributed by atoms with Crippen LogP contribution in [-0.2, 0) is 6.54 Å². The maximum absolute atomic E-state index is 12.2. The van der Waals surface area contributed by atoms with Gasteiger partial charge in [-0.3, -0.25) is 9.48 Å². The molecule has 26 heavy (non-hydrogen) atoms. The van der Waals surface area contributed by atoms with E-state index >= 15 is 0 Å². The van der Waals surface area contributed by atoms with Crippen LogP contribution in [0.3, 0.4) is 0 Å². The van der Waals surface area contributed by atoms with E-state index in [1.165, 1.54) is 6.21 Å². The van der Waals surface area contributed by atoms with Crippen LogP contribution >= 0.6 is 15.9 Å². The lowest BCUT2D eigenvalue weighted by molar-refractivity contribution is 0.0949. The van der Waals surface area contributed by atoms with Crippen molar-refractivity contribution >= 4 is 28.1 Å². The number of nitrogens with one attached hydrogen (secondary N) is 1. The number of nitrogens with zero attached hydrogens (tertiary/aromatic N) is 3. The van der Waals surface area contributed by atoms with E-state index in [1.54, 1.807) is 24.1 Å². The molecule has 0 radical (unpaired) electrons. The molecule has 0 atom stereocenters. The number of ether oxygens (including phenoxy) is 1. The lowest BCUT2D eigenvalue weighted by Crippen LogP contribution is -2.18. The fraction of sp³-hybridized carbons (Fsp3) is 0.105. The van der Waals surface area contributed by atoms with Crippen molar-refractivity contribution in [3.05, 3.63) is 82.1 Å². The minimum Gasteiger partial charge on any atom is -0.496 e. The van der Waals surface area contributed by atoms with E-state index in [4.69, 9.17) is 4.74 Å². The lowest BCUT2D eigenvalue weighted by Gasteiger charge is -2.03. The van der Waals surface area contributed by atoms with E-state index in [-0.39, 0.29) is 5.91 Å². The Morgan fingerprint density at radius 2 is 2.00 bits per heavy atom. The van der Waals surface area contributed by atoms with Crippen LogP contribution < -0.4 is 10.2 Å². The molecule has 0 unspecified atom stereocenters. The predicted octanol–water partition coefficient (Wildman–Crippen LogP) is 3.47. The topological polar surface area (TPSA) is 68.5 Å². The number of carbonyl (C=O) groups excluding carboxylic acids is 1. The Hall–Kier alpha value is -2.93. The van der Waals surface area contributed by atoms with Crippen molar-refractivity contribution in [1.82, 2.24) is 15.2 Å². The number of halogens is 1. The summed E-state index contributed by atoms with van der Waals surface area (Å²) in [6.07, 6.45) is 3.30. The van der Waals surface area contributed by atoms with Crippen molar-refractivity contribution in [2.24, 2.45) is 5.10 Å². The normalized spacial score (nSPS) is 10.8. The fourth-order valence-electron chi connectivity index (χ4n) is 2.34. The van der Waals surface area contributed by atoms with Gasteiger partial charge in [0.05, 0.1) is 19.9 Å². The first-order chi connectivity index (χ1) is 12.7. The Morgan fingerprint density at radius 1 is 1.23 bits per heavy atom. The van der Waals surface area contributed by atoms with Crippen LogP contribution in [0.5, 0.6) is 5.75 Å². The molecule has 0 bridgehead atoms. The molecule has 0 fully saturated rings. The molecule has 6 nitrogen and oxygen atoms in total. The molecule has 1 N–H and O–H groups in total. The second kappa shape index (κ2) is 8.44. The zero-order valence-corrected chi connectivity index (χ0v) is 15.7. The summed E-state index contributed by atoms with van der Waals surface area (Å²) in [5, 5.41) is 8.25. The summed E-state index contributed by atoms with van der Waals surface area (Å²) in [5.41, 5.74) is 4.65. The molecule has 2 aromatic carbocycles. The van der Waals surface area contributed by atoms with E-state index < -0.39 is 0 Å². The van der Waals surface area contributed by atoms with Gasteiger partial charge in [0.15, 0.2) is 5.69 Å². The van der Waals surface area contributed by atoms with Gasteiger partial charge in [-0.05, 0) is 35.9 Å². The molecule has 132 valence electrons. The first-order valence-corrected chi connectivity index (χ1v) is 8.69. The maximum Gasteiger partial charge on any atom is 0.291 e. The maximum atomic E-state index is 12.2. The summed E-state index contributed by atoms with van der Waals surface area (Å²) in [6.45, 7) is 0.588. The van der Waals surface area contributed by atoms with Crippen molar-refractivity contribution in [2.75, 3.05) is 7.11 Å².